The molecule has 6 heteroatoms. The molecule has 2 rings (SSSR count). The lowest BCUT2D eigenvalue weighted by Gasteiger charge is -2.34. The van der Waals surface area contributed by atoms with Crippen LogP contribution in [0.15, 0.2) is 30.3 Å². The molecule has 0 unspecified atom stereocenters. The Bertz CT molecular complexity index is 511. The van der Waals surface area contributed by atoms with Crippen molar-refractivity contribution in [2.75, 3.05) is 37.3 Å². The van der Waals surface area contributed by atoms with Gasteiger partial charge in [0.25, 0.3) is 0 Å². The van der Waals surface area contributed by atoms with Gasteiger partial charge in [0.15, 0.2) is 0 Å². The van der Waals surface area contributed by atoms with E-state index in [4.69, 9.17) is 0 Å². The van der Waals surface area contributed by atoms with Gasteiger partial charge in [-0.15, -0.1) is 0 Å². The zero-order chi connectivity index (χ0) is 15.1. The molecule has 0 spiro atoms. The van der Waals surface area contributed by atoms with Crippen molar-refractivity contribution < 1.29 is 8.42 Å². The van der Waals surface area contributed by atoms with Crippen LogP contribution >= 0.6 is 0 Å². The van der Waals surface area contributed by atoms with Gasteiger partial charge in [-0.1, -0.05) is 18.2 Å². The molecule has 1 aromatic carbocycles. The fraction of sp³-hybridized carbons (Fsp3) is 0.600. The molecule has 1 heterocycles. The van der Waals surface area contributed by atoms with Crippen LogP contribution in [0, 0.1) is 0 Å². The predicted octanol–water partition coefficient (Wildman–Crippen LogP) is 1.18. The van der Waals surface area contributed by atoms with Gasteiger partial charge in [0, 0.05) is 31.4 Å². The van der Waals surface area contributed by atoms with Crippen molar-refractivity contribution in [2.45, 2.75) is 25.3 Å². The summed E-state index contributed by atoms with van der Waals surface area (Å²) in [4.78, 5) is 2.42. The Balaban J connectivity index is 1.61. The molecule has 0 bridgehead atoms. The molecule has 0 aliphatic carbocycles. The molecule has 0 atom stereocenters. The highest BCUT2D eigenvalue weighted by Gasteiger charge is 2.18. The maximum Gasteiger partial charge on any atom is 0.208 e. The van der Waals surface area contributed by atoms with Crippen molar-refractivity contribution in [3.8, 4) is 0 Å². The Morgan fingerprint density at radius 3 is 2.43 bits per heavy atom. The Morgan fingerprint density at radius 1 is 1.14 bits per heavy atom. The van der Waals surface area contributed by atoms with Gasteiger partial charge in [-0.2, -0.15) is 0 Å². The van der Waals surface area contributed by atoms with Crippen LogP contribution in [0.3, 0.4) is 0 Å². The minimum atomic E-state index is -3.05. The van der Waals surface area contributed by atoms with Crippen LogP contribution in [0.5, 0.6) is 0 Å². The summed E-state index contributed by atoms with van der Waals surface area (Å²) in [5.74, 6) is 0. The number of rotatable bonds is 7. The molecule has 0 aromatic heterocycles. The lowest BCUT2D eigenvalue weighted by molar-refractivity contribution is 0.413. The normalized spacial score (nSPS) is 17.1. The van der Waals surface area contributed by atoms with Gasteiger partial charge in [0.05, 0.1) is 6.26 Å². The van der Waals surface area contributed by atoms with Gasteiger partial charge >= 0.3 is 0 Å². The van der Waals surface area contributed by atoms with Crippen LogP contribution < -0.4 is 14.9 Å². The van der Waals surface area contributed by atoms with Crippen molar-refractivity contribution in [1.82, 2.24) is 10.0 Å². The zero-order valence-corrected chi connectivity index (χ0v) is 13.4. The number of sulfonamides is 1. The van der Waals surface area contributed by atoms with Crippen LogP contribution in [0.2, 0.25) is 0 Å². The SMILES string of the molecule is CS(=O)(=O)NCCCNC1CCN(c2ccccc2)CC1. The van der Waals surface area contributed by atoms with E-state index < -0.39 is 10.0 Å². The quantitative estimate of drug-likeness (QED) is 0.743. The van der Waals surface area contributed by atoms with Crippen molar-refractivity contribution in [1.29, 1.82) is 0 Å². The Kier molecular flexibility index (Phi) is 6.02. The third-order valence-electron chi connectivity index (χ3n) is 3.77. The Labute approximate surface area is 127 Å². The van der Waals surface area contributed by atoms with Crippen LogP contribution in [0.4, 0.5) is 5.69 Å². The smallest absolute Gasteiger partial charge is 0.208 e. The molecule has 1 fully saturated rings. The molecule has 2 N–H and O–H groups in total. The van der Waals surface area contributed by atoms with Crippen molar-refractivity contribution >= 4 is 15.7 Å². The first-order valence-electron chi connectivity index (χ1n) is 7.52. The number of nitrogens with one attached hydrogen (secondary N) is 2. The van der Waals surface area contributed by atoms with E-state index in [1.807, 2.05) is 6.07 Å². The number of hydrogen-bond donors (Lipinski definition) is 2. The molecule has 1 aromatic rings. The van der Waals surface area contributed by atoms with E-state index in [-0.39, 0.29) is 0 Å². The first kappa shape index (κ1) is 16.3. The fourth-order valence-corrected chi connectivity index (χ4v) is 3.15. The summed E-state index contributed by atoms with van der Waals surface area (Å²) in [5, 5.41) is 3.52. The standard InChI is InChI=1S/C15H25N3O2S/c1-21(19,20)17-11-5-10-16-14-8-12-18(13-9-14)15-6-3-2-4-7-15/h2-4,6-7,14,16-17H,5,8-13H2,1H3. The molecular formula is C15H25N3O2S. The summed E-state index contributed by atoms with van der Waals surface area (Å²) < 4.78 is 24.4. The lowest BCUT2D eigenvalue weighted by Crippen LogP contribution is -2.43. The van der Waals surface area contributed by atoms with E-state index in [1.54, 1.807) is 0 Å². The van der Waals surface area contributed by atoms with Gasteiger partial charge in [-0.3, -0.25) is 0 Å². The predicted molar refractivity (Wildman–Crippen MR) is 87.1 cm³/mol. The third kappa shape index (κ3) is 6.03. The molecule has 0 saturated carbocycles. The Morgan fingerprint density at radius 2 is 1.81 bits per heavy atom. The molecule has 1 aliphatic heterocycles. The van der Waals surface area contributed by atoms with Crippen LogP contribution in [0.25, 0.3) is 0 Å². The van der Waals surface area contributed by atoms with Gasteiger partial charge in [0.2, 0.25) is 10.0 Å². The van der Waals surface area contributed by atoms with E-state index in [0.717, 1.165) is 38.9 Å². The van der Waals surface area contributed by atoms with E-state index in [2.05, 4.69) is 39.2 Å². The molecular weight excluding hydrogens is 286 g/mol. The highest BCUT2D eigenvalue weighted by atomic mass is 32.2. The molecule has 21 heavy (non-hydrogen) atoms. The molecule has 0 amide bonds. The molecule has 5 nitrogen and oxygen atoms in total. The van der Waals surface area contributed by atoms with Gasteiger partial charge in [0.1, 0.15) is 0 Å². The van der Waals surface area contributed by atoms with Crippen molar-refractivity contribution in [2.24, 2.45) is 0 Å². The van der Waals surface area contributed by atoms with E-state index in [9.17, 15) is 8.42 Å². The summed E-state index contributed by atoms with van der Waals surface area (Å²) in [7, 11) is -3.05. The lowest BCUT2D eigenvalue weighted by atomic mass is 10.0. The number of anilines is 1. The van der Waals surface area contributed by atoms with Crippen molar-refractivity contribution in [3.63, 3.8) is 0 Å². The maximum absolute atomic E-state index is 10.9. The van der Waals surface area contributed by atoms with Gasteiger partial charge < -0.3 is 10.2 Å². The summed E-state index contributed by atoms with van der Waals surface area (Å²) in [6, 6.07) is 11.1. The monoisotopic (exact) mass is 311 g/mol. The molecule has 1 saturated heterocycles. The van der Waals surface area contributed by atoms with Crippen LogP contribution in [0.1, 0.15) is 19.3 Å². The Hall–Kier alpha value is -1.11. The summed E-state index contributed by atoms with van der Waals surface area (Å²) in [6.07, 6.45) is 4.29. The van der Waals surface area contributed by atoms with Gasteiger partial charge in [-0.05, 0) is 37.9 Å². The fourth-order valence-electron chi connectivity index (χ4n) is 2.63. The summed E-state index contributed by atoms with van der Waals surface area (Å²) in [5.41, 5.74) is 1.30. The molecule has 1 aliphatic rings. The van der Waals surface area contributed by atoms with E-state index in [1.165, 1.54) is 11.9 Å². The van der Waals surface area contributed by atoms with Crippen LogP contribution in [-0.4, -0.2) is 46.9 Å². The first-order chi connectivity index (χ1) is 10.0. The summed E-state index contributed by atoms with van der Waals surface area (Å²) >= 11 is 0. The largest absolute Gasteiger partial charge is 0.371 e. The number of nitrogens with zero attached hydrogens (tertiary/aromatic N) is 1. The van der Waals surface area contributed by atoms with Crippen molar-refractivity contribution in [3.05, 3.63) is 30.3 Å². The third-order valence-corrected chi connectivity index (χ3v) is 4.50. The van der Waals surface area contributed by atoms with Crippen LogP contribution in [-0.2, 0) is 10.0 Å². The van der Waals surface area contributed by atoms with E-state index in [0.29, 0.717) is 12.6 Å². The summed E-state index contributed by atoms with van der Waals surface area (Å²) in [6.45, 7) is 3.51. The number of hydrogen-bond acceptors (Lipinski definition) is 4. The number of benzene rings is 1. The second kappa shape index (κ2) is 7.77. The number of piperidine rings is 1. The zero-order valence-electron chi connectivity index (χ0n) is 12.6. The highest BCUT2D eigenvalue weighted by Crippen LogP contribution is 2.19. The minimum absolute atomic E-state index is 0.509. The minimum Gasteiger partial charge on any atom is -0.371 e. The maximum atomic E-state index is 10.9. The first-order valence-corrected chi connectivity index (χ1v) is 9.42. The molecule has 118 valence electrons. The average Bonchev–Trinajstić information content (AvgIpc) is 2.47. The topological polar surface area (TPSA) is 61.4 Å². The van der Waals surface area contributed by atoms with Gasteiger partial charge in [-0.25, -0.2) is 13.1 Å². The second-order valence-corrected chi connectivity index (χ2v) is 7.40. The molecule has 0 radical (unpaired) electrons. The highest BCUT2D eigenvalue weighted by molar-refractivity contribution is 7.88. The second-order valence-electron chi connectivity index (χ2n) is 5.57. The number of para-hydroxylation sites is 1. The average molecular weight is 311 g/mol. The van der Waals surface area contributed by atoms with E-state index >= 15 is 0 Å².